The molecule has 0 aliphatic rings. The second-order valence-corrected chi connectivity index (χ2v) is 7.37. The van der Waals surface area contributed by atoms with E-state index in [0.717, 1.165) is 31.8 Å². The third kappa shape index (κ3) is 12.0. The maximum atomic E-state index is 12.2. The van der Waals surface area contributed by atoms with Gasteiger partial charge in [-0.3, -0.25) is 4.99 Å². The lowest BCUT2D eigenvalue weighted by atomic mass is 10.0. The third-order valence-corrected chi connectivity index (χ3v) is 3.79. The van der Waals surface area contributed by atoms with Crippen LogP contribution in [-0.2, 0) is 4.74 Å². The summed E-state index contributed by atoms with van der Waals surface area (Å²) in [5.41, 5.74) is -0.491. The van der Waals surface area contributed by atoms with Crippen LogP contribution in [0.4, 0.5) is 4.79 Å². The van der Waals surface area contributed by atoms with Crippen LogP contribution >= 0.6 is 0 Å². The van der Waals surface area contributed by atoms with Gasteiger partial charge in [-0.1, -0.05) is 13.3 Å². The van der Waals surface area contributed by atoms with Crippen LogP contribution < -0.4 is 10.6 Å². The van der Waals surface area contributed by atoms with Crippen molar-refractivity contribution in [3.05, 3.63) is 0 Å². The maximum absolute atomic E-state index is 12.2. The van der Waals surface area contributed by atoms with Crippen molar-refractivity contribution in [1.82, 2.24) is 15.5 Å². The fourth-order valence-corrected chi connectivity index (χ4v) is 2.49. The number of hydrogen-bond acceptors (Lipinski definition) is 4. The summed E-state index contributed by atoms with van der Waals surface area (Å²) in [7, 11) is 0. The normalized spacial score (nSPS) is 13.3. The van der Waals surface area contributed by atoms with Crippen LogP contribution in [0.15, 0.2) is 4.99 Å². The summed E-state index contributed by atoms with van der Waals surface area (Å²) in [4.78, 5) is 18.5. The number of aliphatic hydroxyl groups is 1. The van der Waals surface area contributed by atoms with Crippen molar-refractivity contribution in [2.75, 3.05) is 39.3 Å². The number of aliphatic hydroxyl groups excluding tert-OH is 1. The number of amides is 1. The van der Waals surface area contributed by atoms with Crippen molar-refractivity contribution in [2.24, 2.45) is 10.9 Å². The Labute approximate surface area is 159 Å². The van der Waals surface area contributed by atoms with Crippen LogP contribution in [0.25, 0.3) is 0 Å². The molecule has 7 heteroatoms. The second kappa shape index (κ2) is 13.7. The predicted octanol–water partition coefficient (Wildman–Crippen LogP) is 2.60. The van der Waals surface area contributed by atoms with Crippen LogP contribution in [0.3, 0.4) is 0 Å². The van der Waals surface area contributed by atoms with Gasteiger partial charge >= 0.3 is 6.09 Å². The Morgan fingerprint density at radius 2 is 1.88 bits per heavy atom. The topological polar surface area (TPSA) is 86.2 Å². The van der Waals surface area contributed by atoms with Gasteiger partial charge in [0.15, 0.2) is 5.96 Å². The van der Waals surface area contributed by atoms with Crippen molar-refractivity contribution in [1.29, 1.82) is 0 Å². The van der Waals surface area contributed by atoms with Crippen molar-refractivity contribution in [3.8, 4) is 0 Å². The molecule has 0 fully saturated rings. The Kier molecular flexibility index (Phi) is 12.9. The summed E-state index contributed by atoms with van der Waals surface area (Å²) in [6.45, 7) is 15.1. The van der Waals surface area contributed by atoms with Crippen molar-refractivity contribution < 1.29 is 14.6 Å². The Balaban J connectivity index is 4.56. The molecule has 0 radical (unpaired) electrons. The Morgan fingerprint density at radius 1 is 1.19 bits per heavy atom. The summed E-state index contributed by atoms with van der Waals surface area (Å²) in [6, 6.07) is 0. The molecule has 0 aliphatic heterocycles. The largest absolute Gasteiger partial charge is 0.444 e. The van der Waals surface area contributed by atoms with Gasteiger partial charge in [-0.2, -0.15) is 0 Å². The molecule has 26 heavy (non-hydrogen) atoms. The molecule has 7 nitrogen and oxygen atoms in total. The maximum Gasteiger partial charge on any atom is 0.410 e. The Bertz CT molecular complexity index is 402. The van der Waals surface area contributed by atoms with E-state index in [-0.39, 0.29) is 12.7 Å². The van der Waals surface area contributed by atoms with Gasteiger partial charge in [0.2, 0.25) is 0 Å². The fraction of sp³-hybridized carbons (Fsp3) is 0.895. The quantitative estimate of drug-likeness (QED) is 0.383. The first-order valence-corrected chi connectivity index (χ1v) is 9.88. The van der Waals surface area contributed by atoms with Gasteiger partial charge in [-0.05, 0) is 53.4 Å². The molecule has 0 aromatic carbocycles. The molecule has 0 saturated heterocycles. The number of ether oxygens (including phenoxy) is 1. The van der Waals surface area contributed by atoms with Gasteiger partial charge in [0.1, 0.15) is 5.60 Å². The number of carbonyl (C=O) groups excluding carboxylic acids is 1. The Hall–Kier alpha value is -1.50. The third-order valence-electron chi connectivity index (χ3n) is 3.79. The average Bonchev–Trinajstić information content (AvgIpc) is 2.54. The molecule has 154 valence electrons. The zero-order valence-electron chi connectivity index (χ0n) is 17.6. The molecular formula is C19H40N4O3. The zero-order valence-corrected chi connectivity index (χ0v) is 17.6. The molecule has 0 aliphatic carbocycles. The first kappa shape index (κ1) is 24.5. The summed E-state index contributed by atoms with van der Waals surface area (Å²) in [5, 5.41) is 15.7. The highest BCUT2D eigenvalue weighted by Crippen LogP contribution is 2.11. The van der Waals surface area contributed by atoms with E-state index in [9.17, 15) is 4.79 Å². The van der Waals surface area contributed by atoms with Crippen LogP contribution in [0.1, 0.15) is 60.8 Å². The van der Waals surface area contributed by atoms with E-state index in [1.807, 2.05) is 34.6 Å². The molecule has 0 spiro atoms. The lowest BCUT2D eigenvalue weighted by Gasteiger charge is -2.26. The smallest absolute Gasteiger partial charge is 0.410 e. The van der Waals surface area contributed by atoms with E-state index in [2.05, 4.69) is 22.5 Å². The molecule has 3 N–H and O–H groups in total. The standard InChI is InChI=1S/C19H40N4O3/c1-7-10-16(11-14-24)15-22-17(20-8-2)21-12-13-23(9-3)18(25)26-19(4,5)6/h16,24H,7-15H2,1-6H3,(H2,20,21,22). The van der Waals surface area contributed by atoms with E-state index in [4.69, 9.17) is 9.84 Å². The minimum atomic E-state index is -0.491. The van der Waals surface area contributed by atoms with E-state index < -0.39 is 5.60 Å². The van der Waals surface area contributed by atoms with Crippen LogP contribution in [0, 0.1) is 5.92 Å². The van der Waals surface area contributed by atoms with Crippen molar-refractivity contribution >= 4 is 12.1 Å². The van der Waals surface area contributed by atoms with E-state index in [0.29, 0.717) is 32.1 Å². The van der Waals surface area contributed by atoms with Gasteiger partial charge in [-0.15, -0.1) is 0 Å². The number of aliphatic imine (C=N–C) groups is 1. The Morgan fingerprint density at radius 3 is 2.38 bits per heavy atom. The predicted molar refractivity (Wildman–Crippen MR) is 108 cm³/mol. The molecule has 0 aromatic heterocycles. The van der Waals surface area contributed by atoms with Crippen LogP contribution in [-0.4, -0.2) is 67.0 Å². The summed E-state index contributed by atoms with van der Waals surface area (Å²) in [5.74, 6) is 1.14. The number of hydrogen-bond donors (Lipinski definition) is 3. The minimum absolute atomic E-state index is 0.200. The summed E-state index contributed by atoms with van der Waals surface area (Å²) >= 11 is 0. The number of rotatable bonds is 11. The second-order valence-electron chi connectivity index (χ2n) is 7.37. The minimum Gasteiger partial charge on any atom is -0.444 e. The molecule has 1 amide bonds. The van der Waals surface area contributed by atoms with Crippen molar-refractivity contribution in [3.63, 3.8) is 0 Å². The van der Waals surface area contributed by atoms with Gasteiger partial charge in [-0.25, -0.2) is 4.79 Å². The molecule has 0 rings (SSSR count). The molecule has 0 bridgehead atoms. The molecule has 1 unspecified atom stereocenters. The van der Waals surface area contributed by atoms with Gasteiger partial charge in [0.25, 0.3) is 0 Å². The van der Waals surface area contributed by atoms with Gasteiger partial charge < -0.3 is 25.4 Å². The highest BCUT2D eigenvalue weighted by Gasteiger charge is 2.20. The number of guanidine groups is 1. The molecule has 0 heterocycles. The van der Waals surface area contributed by atoms with E-state index >= 15 is 0 Å². The van der Waals surface area contributed by atoms with Crippen LogP contribution in [0.5, 0.6) is 0 Å². The first-order valence-electron chi connectivity index (χ1n) is 9.88. The molecule has 0 aromatic rings. The SMILES string of the molecule is CCCC(CCO)CN=C(NCC)NCCN(CC)C(=O)OC(C)(C)C. The lowest BCUT2D eigenvalue weighted by Crippen LogP contribution is -2.44. The number of likely N-dealkylation sites (N-methyl/N-ethyl adjacent to an activating group) is 1. The van der Waals surface area contributed by atoms with Gasteiger partial charge in [0.05, 0.1) is 0 Å². The highest BCUT2D eigenvalue weighted by atomic mass is 16.6. The monoisotopic (exact) mass is 372 g/mol. The average molecular weight is 373 g/mol. The zero-order chi connectivity index (χ0) is 20.0. The first-order chi connectivity index (χ1) is 12.3. The highest BCUT2D eigenvalue weighted by molar-refractivity contribution is 5.79. The molecule has 1 atom stereocenters. The number of nitrogens with one attached hydrogen (secondary N) is 2. The van der Waals surface area contributed by atoms with Gasteiger partial charge in [0, 0.05) is 39.3 Å². The lowest BCUT2D eigenvalue weighted by molar-refractivity contribution is 0.0264. The summed E-state index contributed by atoms with van der Waals surface area (Å²) in [6.07, 6.45) is 2.63. The van der Waals surface area contributed by atoms with Crippen LogP contribution in [0.2, 0.25) is 0 Å². The number of nitrogens with zero attached hydrogens (tertiary/aromatic N) is 2. The fourth-order valence-electron chi connectivity index (χ4n) is 2.49. The van der Waals surface area contributed by atoms with Crippen molar-refractivity contribution in [2.45, 2.75) is 66.4 Å². The molecule has 0 saturated carbocycles. The van der Waals surface area contributed by atoms with E-state index in [1.54, 1.807) is 4.90 Å². The number of carbonyl (C=O) groups is 1. The summed E-state index contributed by atoms with van der Waals surface area (Å²) < 4.78 is 5.42. The van der Waals surface area contributed by atoms with E-state index in [1.165, 1.54) is 0 Å². The molecular weight excluding hydrogens is 332 g/mol.